The van der Waals surface area contributed by atoms with Crippen LogP contribution in [0.3, 0.4) is 0 Å². The van der Waals surface area contributed by atoms with Gasteiger partial charge in [-0.3, -0.25) is 0 Å². The maximum Gasteiger partial charge on any atom is 0.0338 e. The third-order valence-electron chi connectivity index (χ3n) is 3.59. The first-order valence-electron chi connectivity index (χ1n) is 6.55. The van der Waals surface area contributed by atoms with Crippen LogP contribution >= 0.6 is 15.9 Å². The van der Waals surface area contributed by atoms with E-state index in [1.165, 1.54) is 27.8 Å². The quantitative estimate of drug-likeness (QED) is 0.878. The third-order valence-corrected chi connectivity index (χ3v) is 4.08. The lowest BCUT2D eigenvalue weighted by Gasteiger charge is -2.17. The molecule has 1 nitrogen and oxygen atoms in total. The maximum atomic E-state index is 6.39. The summed E-state index contributed by atoms with van der Waals surface area (Å²) in [6.07, 6.45) is 0.880. The van der Waals surface area contributed by atoms with Gasteiger partial charge < -0.3 is 5.73 Å². The minimum absolute atomic E-state index is 0.0398. The van der Waals surface area contributed by atoms with E-state index in [1.807, 2.05) is 0 Å². The van der Waals surface area contributed by atoms with Crippen molar-refractivity contribution < 1.29 is 0 Å². The molecule has 0 aliphatic rings. The molecule has 0 spiro atoms. The molecular weight excluding hydrogens is 298 g/mol. The van der Waals surface area contributed by atoms with Crippen molar-refractivity contribution in [3.63, 3.8) is 0 Å². The Balaban J connectivity index is 2.27. The smallest absolute Gasteiger partial charge is 0.0338 e. The van der Waals surface area contributed by atoms with Crippen molar-refractivity contribution in [2.24, 2.45) is 5.73 Å². The number of nitrogens with two attached hydrogens (primary N) is 1. The largest absolute Gasteiger partial charge is 0.324 e. The molecule has 19 heavy (non-hydrogen) atoms. The number of rotatable bonds is 3. The fourth-order valence-corrected chi connectivity index (χ4v) is 2.76. The molecule has 1 unspecified atom stereocenters. The van der Waals surface area contributed by atoms with Gasteiger partial charge in [0.05, 0.1) is 0 Å². The molecular formula is C17H20BrN. The molecule has 0 fully saturated rings. The monoisotopic (exact) mass is 317 g/mol. The van der Waals surface area contributed by atoms with Crippen LogP contribution in [0, 0.1) is 20.8 Å². The molecule has 2 aromatic carbocycles. The summed E-state index contributed by atoms with van der Waals surface area (Å²) in [7, 11) is 0. The standard InChI is InChI=1S/C17H20BrN/c1-11-4-5-12(2)14(8-11)9-17(19)16-10-15(18)7-6-13(16)3/h4-8,10,17H,9,19H2,1-3H3. The summed E-state index contributed by atoms with van der Waals surface area (Å²) in [5.74, 6) is 0. The highest BCUT2D eigenvalue weighted by molar-refractivity contribution is 9.10. The lowest BCUT2D eigenvalue weighted by molar-refractivity contribution is 0.712. The molecule has 0 radical (unpaired) electrons. The summed E-state index contributed by atoms with van der Waals surface area (Å²) in [5.41, 5.74) is 12.8. The molecule has 100 valence electrons. The molecule has 2 N–H and O–H groups in total. The van der Waals surface area contributed by atoms with E-state index < -0.39 is 0 Å². The van der Waals surface area contributed by atoms with E-state index in [-0.39, 0.29) is 6.04 Å². The van der Waals surface area contributed by atoms with Crippen LogP contribution in [-0.2, 0) is 6.42 Å². The van der Waals surface area contributed by atoms with Gasteiger partial charge in [0, 0.05) is 10.5 Å². The van der Waals surface area contributed by atoms with E-state index in [1.54, 1.807) is 0 Å². The highest BCUT2D eigenvalue weighted by atomic mass is 79.9. The van der Waals surface area contributed by atoms with Crippen LogP contribution in [0.4, 0.5) is 0 Å². The molecule has 2 aromatic rings. The number of aryl methyl sites for hydroxylation is 3. The molecule has 0 heterocycles. The van der Waals surface area contributed by atoms with Crippen molar-refractivity contribution in [1.29, 1.82) is 0 Å². The fourth-order valence-electron chi connectivity index (χ4n) is 2.38. The predicted octanol–water partition coefficient (Wildman–Crippen LogP) is 4.62. The average molecular weight is 318 g/mol. The molecule has 0 saturated heterocycles. The van der Waals surface area contributed by atoms with Gasteiger partial charge in [0.1, 0.15) is 0 Å². The molecule has 0 amide bonds. The van der Waals surface area contributed by atoms with Crippen LogP contribution in [0.25, 0.3) is 0 Å². The Morgan fingerprint density at radius 1 is 1.00 bits per heavy atom. The van der Waals surface area contributed by atoms with Gasteiger partial charge in [0.25, 0.3) is 0 Å². The van der Waals surface area contributed by atoms with E-state index >= 15 is 0 Å². The van der Waals surface area contributed by atoms with Crippen molar-refractivity contribution in [1.82, 2.24) is 0 Å². The first-order chi connectivity index (χ1) is 8.97. The van der Waals surface area contributed by atoms with Crippen LogP contribution in [0.1, 0.15) is 33.9 Å². The topological polar surface area (TPSA) is 26.0 Å². The fraction of sp³-hybridized carbons (Fsp3) is 0.294. The third kappa shape index (κ3) is 3.46. The Morgan fingerprint density at radius 2 is 1.68 bits per heavy atom. The Bertz CT molecular complexity index is 590. The molecule has 0 aliphatic heterocycles. The summed E-state index contributed by atoms with van der Waals surface area (Å²) < 4.78 is 1.09. The SMILES string of the molecule is Cc1ccc(C)c(CC(N)c2cc(Br)ccc2C)c1. The van der Waals surface area contributed by atoms with Crippen molar-refractivity contribution in [2.45, 2.75) is 33.2 Å². The van der Waals surface area contributed by atoms with Crippen molar-refractivity contribution in [3.05, 3.63) is 68.7 Å². The van der Waals surface area contributed by atoms with Crippen LogP contribution < -0.4 is 5.73 Å². The van der Waals surface area contributed by atoms with Crippen molar-refractivity contribution in [3.8, 4) is 0 Å². The van der Waals surface area contributed by atoms with E-state index in [2.05, 4.69) is 73.1 Å². The van der Waals surface area contributed by atoms with E-state index in [9.17, 15) is 0 Å². The highest BCUT2D eigenvalue weighted by Gasteiger charge is 2.12. The second-order valence-electron chi connectivity index (χ2n) is 5.24. The number of halogens is 1. The van der Waals surface area contributed by atoms with Crippen molar-refractivity contribution in [2.75, 3.05) is 0 Å². The Kier molecular flexibility index (Phi) is 4.43. The van der Waals surface area contributed by atoms with Crippen LogP contribution in [0.2, 0.25) is 0 Å². The summed E-state index contributed by atoms with van der Waals surface area (Å²) >= 11 is 3.52. The normalized spacial score (nSPS) is 12.5. The zero-order valence-corrected chi connectivity index (χ0v) is 13.3. The molecule has 2 heteroatoms. The van der Waals surface area contributed by atoms with Gasteiger partial charge in [0.2, 0.25) is 0 Å². The van der Waals surface area contributed by atoms with Gasteiger partial charge in [-0.05, 0) is 61.6 Å². The molecule has 1 atom stereocenters. The minimum Gasteiger partial charge on any atom is -0.324 e. The molecule has 0 aliphatic carbocycles. The zero-order valence-electron chi connectivity index (χ0n) is 11.7. The molecule has 0 bridgehead atoms. The molecule has 2 rings (SSSR count). The summed E-state index contributed by atoms with van der Waals surface area (Å²) in [6, 6.07) is 12.9. The van der Waals surface area contributed by atoms with E-state index in [0.29, 0.717) is 0 Å². The average Bonchev–Trinajstić information content (AvgIpc) is 2.36. The second-order valence-corrected chi connectivity index (χ2v) is 6.16. The Labute approximate surface area is 124 Å². The van der Waals surface area contributed by atoms with Gasteiger partial charge >= 0.3 is 0 Å². The summed E-state index contributed by atoms with van der Waals surface area (Å²) in [4.78, 5) is 0. The second kappa shape index (κ2) is 5.89. The molecule has 0 aromatic heterocycles. The first-order valence-corrected chi connectivity index (χ1v) is 7.34. The lowest BCUT2D eigenvalue weighted by atomic mass is 9.93. The van der Waals surface area contributed by atoms with Gasteiger partial charge in [-0.2, -0.15) is 0 Å². The summed E-state index contributed by atoms with van der Waals surface area (Å²) in [6.45, 7) is 6.39. The van der Waals surface area contributed by atoms with Crippen molar-refractivity contribution >= 4 is 15.9 Å². The van der Waals surface area contributed by atoms with E-state index in [4.69, 9.17) is 5.73 Å². The lowest BCUT2D eigenvalue weighted by Crippen LogP contribution is -2.15. The maximum absolute atomic E-state index is 6.39. The number of benzene rings is 2. The van der Waals surface area contributed by atoms with Gasteiger partial charge in [-0.1, -0.05) is 45.8 Å². The Morgan fingerprint density at radius 3 is 2.42 bits per heavy atom. The van der Waals surface area contributed by atoms with Gasteiger partial charge in [-0.15, -0.1) is 0 Å². The molecule has 0 saturated carbocycles. The van der Waals surface area contributed by atoms with Gasteiger partial charge in [0.15, 0.2) is 0 Å². The predicted molar refractivity (Wildman–Crippen MR) is 85.4 cm³/mol. The minimum atomic E-state index is 0.0398. The van der Waals surface area contributed by atoms with E-state index in [0.717, 1.165) is 10.9 Å². The number of hydrogen-bond donors (Lipinski definition) is 1. The number of hydrogen-bond acceptors (Lipinski definition) is 1. The van der Waals surface area contributed by atoms with Crippen LogP contribution in [0.5, 0.6) is 0 Å². The zero-order chi connectivity index (χ0) is 14.0. The van der Waals surface area contributed by atoms with Crippen LogP contribution in [-0.4, -0.2) is 0 Å². The van der Waals surface area contributed by atoms with Gasteiger partial charge in [-0.25, -0.2) is 0 Å². The van der Waals surface area contributed by atoms with Crippen LogP contribution in [0.15, 0.2) is 40.9 Å². The summed E-state index contributed by atoms with van der Waals surface area (Å²) in [5, 5.41) is 0. The highest BCUT2D eigenvalue weighted by Crippen LogP contribution is 2.25. The Hall–Kier alpha value is -1.12. The first kappa shape index (κ1) is 14.3.